The minimum Gasteiger partial charge on any atom is -0.372 e. The minimum atomic E-state index is -2.29. The summed E-state index contributed by atoms with van der Waals surface area (Å²) in [5, 5.41) is 0. The number of halogens is 2. The van der Waals surface area contributed by atoms with E-state index in [2.05, 4.69) is 0 Å². The molecule has 0 aromatic heterocycles. The highest BCUT2D eigenvalue weighted by Crippen LogP contribution is 2.40. The Hall–Kier alpha value is -0.220. The second-order valence-electron chi connectivity index (χ2n) is 3.34. The zero-order valence-corrected chi connectivity index (χ0v) is 6.87. The summed E-state index contributed by atoms with van der Waals surface area (Å²) >= 11 is 0. The van der Waals surface area contributed by atoms with Gasteiger partial charge in [-0.25, -0.2) is 8.78 Å². The molecule has 2 aliphatic rings. The fraction of sp³-hybridized carbons (Fsp3) is 1.00. The molecule has 2 fully saturated rings. The maximum atomic E-state index is 12.4. The van der Waals surface area contributed by atoms with Gasteiger partial charge >= 0.3 is 0 Å². The number of epoxide rings is 1. The van der Waals surface area contributed by atoms with Gasteiger partial charge in [-0.3, -0.25) is 0 Å². The van der Waals surface area contributed by atoms with E-state index < -0.39 is 12.3 Å². The van der Waals surface area contributed by atoms with Crippen molar-refractivity contribution in [2.24, 2.45) is 5.92 Å². The summed E-state index contributed by atoms with van der Waals surface area (Å²) in [6, 6.07) is 0. The Morgan fingerprint density at radius 2 is 2.25 bits per heavy atom. The molecule has 0 amide bonds. The van der Waals surface area contributed by atoms with Crippen molar-refractivity contribution in [1.82, 2.24) is 0 Å². The maximum Gasteiger partial charge on any atom is 0.244 e. The van der Waals surface area contributed by atoms with Gasteiger partial charge in [-0.2, -0.15) is 0 Å². The summed E-state index contributed by atoms with van der Waals surface area (Å²) in [5.74, 6) is -0.650. The molecule has 12 heavy (non-hydrogen) atoms. The highest BCUT2D eigenvalue weighted by atomic mass is 19.3. The van der Waals surface area contributed by atoms with Crippen molar-refractivity contribution < 1.29 is 18.3 Å². The first kappa shape index (κ1) is 8.38. The van der Waals surface area contributed by atoms with Crippen molar-refractivity contribution >= 4 is 0 Å². The maximum absolute atomic E-state index is 12.4. The SMILES string of the molecule is CC[C@H](C(F)F)[C@H]1OC[C@@H]2O[C@H]12. The predicted octanol–water partition coefficient (Wildman–Crippen LogP) is 1.44. The van der Waals surface area contributed by atoms with Gasteiger partial charge in [0.1, 0.15) is 12.2 Å². The van der Waals surface area contributed by atoms with Crippen molar-refractivity contribution in [2.45, 2.75) is 38.1 Å². The van der Waals surface area contributed by atoms with E-state index in [1.54, 1.807) is 6.92 Å². The normalized spacial score (nSPS) is 41.5. The lowest BCUT2D eigenvalue weighted by atomic mass is 9.97. The van der Waals surface area contributed by atoms with Gasteiger partial charge in [0.15, 0.2) is 0 Å². The van der Waals surface area contributed by atoms with Crippen LogP contribution in [-0.2, 0) is 9.47 Å². The van der Waals surface area contributed by atoms with Gasteiger partial charge in [0, 0.05) is 5.92 Å². The lowest BCUT2D eigenvalue weighted by Crippen LogP contribution is -2.30. The van der Waals surface area contributed by atoms with E-state index >= 15 is 0 Å². The second kappa shape index (κ2) is 2.92. The van der Waals surface area contributed by atoms with Crippen LogP contribution in [0.25, 0.3) is 0 Å². The summed E-state index contributed by atoms with van der Waals surface area (Å²) in [5.41, 5.74) is 0. The van der Waals surface area contributed by atoms with Gasteiger partial charge < -0.3 is 9.47 Å². The van der Waals surface area contributed by atoms with Crippen LogP contribution in [0.1, 0.15) is 13.3 Å². The van der Waals surface area contributed by atoms with E-state index in [0.717, 1.165) is 0 Å². The Labute approximate surface area is 69.8 Å². The molecule has 4 atom stereocenters. The van der Waals surface area contributed by atoms with Crippen LogP contribution < -0.4 is 0 Å². The first-order valence-corrected chi connectivity index (χ1v) is 4.29. The van der Waals surface area contributed by atoms with Gasteiger partial charge in [-0.15, -0.1) is 0 Å². The zero-order chi connectivity index (χ0) is 8.72. The van der Waals surface area contributed by atoms with Crippen LogP contribution in [0.3, 0.4) is 0 Å². The Kier molecular flexibility index (Phi) is 2.04. The third-order valence-corrected chi connectivity index (χ3v) is 2.62. The number of rotatable bonds is 3. The molecule has 2 saturated heterocycles. The van der Waals surface area contributed by atoms with Gasteiger partial charge in [0.05, 0.1) is 12.7 Å². The van der Waals surface area contributed by atoms with Gasteiger partial charge in [0.25, 0.3) is 0 Å². The Morgan fingerprint density at radius 1 is 1.50 bits per heavy atom. The Bertz CT molecular complexity index is 174. The Balaban J connectivity index is 1.96. The average Bonchev–Trinajstić information content (AvgIpc) is 2.69. The third-order valence-electron chi connectivity index (χ3n) is 2.62. The average molecular weight is 178 g/mol. The summed E-state index contributed by atoms with van der Waals surface area (Å²) in [4.78, 5) is 0. The van der Waals surface area contributed by atoms with Gasteiger partial charge in [-0.05, 0) is 6.42 Å². The molecule has 0 aromatic carbocycles. The standard InChI is InChI=1S/C8H12F2O2/c1-2-4(8(9)10)6-7-5(12-7)3-11-6/h4-8H,2-3H2,1H3/t4-,5-,6+,7-/m0/s1. The first-order chi connectivity index (χ1) is 5.74. The van der Waals surface area contributed by atoms with Crippen LogP contribution in [0.2, 0.25) is 0 Å². The summed E-state index contributed by atoms with van der Waals surface area (Å²) in [7, 11) is 0. The number of fused-ring (bicyclic) bond motifs is 1. The number of alkyl halides is 2. The topological polar surface area (TPSA) is 21.8 Å². The van der Waals surface area contributed by atoms with E-state index in [1.807, 2.05) is 0 Å². The first-order valence-electron chi connectivity index (χ1n) is 4.29. The molecular weight excluding hydrogens is 166 g/mol. The lowest BCUT2D eigenvalue weighted by molar-refractivity contribution is -0.0600. The number of hydrogen-bond donors (Lipinski definition) is 0. The molecule has 70 valence electrons. The molecule has 2 nitrogen and oxygen atoms in total. The fourth-order valence-corrected chi connectivity index (χ4v) is 1.80. The molecule has 0 saturated carbocycles. The van der Waals surface area contributed by atoms with E-state index in [4.69, 9.17) is 9.47 Å². The molecule has 2 aliphatic heterocycles. The van der Waals surface area contributed by atoms with E-state index in [0.29, 0.717) is 13.0 Å². The number of hydrogen-bond acceptors (Lipinski definition) is 2. The second-order valence-corrected chi connectivity index (χ2v) is 3.34. The van der Waals surface area contributed by atoms with Gasteiger partial charge in [0.2, 0.25) is 6.43 Å². The van der Waals surface area contributed by atoms with Crippen LogP contribution in [0.5, 0.6) is 0 Å². The monoisotopic (exact) mass is 178 g/mol. The third kappa shape index (κ3) is 1.23. The van der Waals surface area contributed by atoms with Gasteiger partial charge in [-0.1, -0.05) is 6.92 Å². The van der Waals surface area contributed by atoms with Crippen LogP contribution >= 0.6 is 0 Å². The number of ether oxygens (including phenoxy) is 2. The van der Waals surface area contributed by atoms with E-state index in [-0.39, 0.29) is 18.3 Å². The zero-order valence-electron chi connectivity index (χ0n) is 6.87. The van der Waals surface area contributed by atoms with Crippen molar-refractivity contribution in [2.75, 3.05) is 6.61 Å². The van der Waals surface area contributed by atoms with Crippen LogP contribution in [0, 0.1) is 5.92 Å². The van der Waals surface area contributed by atoms with E-state index in [9.17, 15) is 8.78 Å². The minimum absolute atomic E-state index is 0.0380. The van der Waals surface area contributed by atoms with Crippen molar-refractivity contribution in [3.63, 3.8) is 0 Å². The molecule has 2 rings (SSSR count). The summed E-state index contributed by atoms with van der Waals surface area (Å²) in [6.07, 6.45) is -2.12. The highest BCUT2D eigenvalue weighted by Gasteiger charge is 2.55. The molecule has 2 heterocycles. The fourth-order valence-electron chi connectivity index (χ4n) is 1.80. The molecule has 0 aliphatic carbocycles. The molecule has 0 aromatic rings. The molecule has 0 unspecified atom stereocenters. The smallest absolute Gasteiger partial charge is 0.244 e. The van der Waals surface area contributed by atoms with E-state index in [1.165, 1.54) is 0 Å². The quantitative estimate of drug-likeness (QED) is 0.610. The molecule has 0 spiro atoms. The summed E-state index contributed by atoms with van der Waals surface area (Å²) in [6.45, 7) is 2.26. The largest absolute Gasteiger partial charge is 0.372 e. The summed E-state index contributed by atoms with van der Waals surface area (Å²) < 4.78 is 35.2. The highest BCUT2D eigenvalue weighted by molar-refractivity contribution is 4.99. The van der Waals surface area contributed by atoms with Crippen molar-refractivity contribution in [1.29, 1.82) is 0 Å². The van der Waals surface area contributed by atoms with Crippen molar-refractivity contribution in [3.8, 4) is 0 Å². The molecule has 0 radical (unpaired) electrons. The molecule has 0 bridgehead atoms. The Morgan fingerprint density at radius 3 is 2.58 bits per heavy atom. The van der Waals surface area contributed by atoms with Crippen molar-refractivity contribution in [3.05, 3.63) is 0 Å². The van der Waals surface area contributed by atoms with Crippen LogP contribution in [-0.4, -0.2) is 31.3 Å². The lowest BCUT2D eigenvalue weighted by Gasteiger charge is -2.21. The van der Waals surface area contributed by atoms with Crippen LogP contribution in [0.15, 0.2) is 0 Å². The molecule has 0 N–H and O–H groups in total. The van der Waals surface area contributed by atoms with Crippen LogP contribution in [0.4, 0.5) is 8.78 Å². The predicted molar refractivity (Wildman–Crippen MR) is 38.2 cm³/mol. The molecule has 4 heteroatoms. The molecular formula is C8H12F2O2.